The van der Waals surface area contributed by atoms with Crippen molar-refractivity contribution in [1.82, 2.24) is 24.8 Å². The Hall–Kier alpha value is -3.20. The fraction of sp³-hybridized carbons (Fsp3) is 0.393. The molecule has 1 aromatic carbocycles. The number of aryl methyl sites for hydroxylation is 3. The molecule has 1 N–H and O–H groups in total. The first-order valence-corrected chi connectivity index (χ1v) is 12.5. The normalized spacial score (nSPS) is 12.8. The molecule has 37 heavy (non-hydrogen) atoms. The summed E-state index contributed by atoms with van der Waals surface area (Å²) in [6, 6.07) is 7.64. The number of aromatic nitrogens is 4. The van der Waals surface area contributed by atoms with Crippen LogP contribution < -0.4 is 5.48 Å². The van der Waals surface area contributed by atoms with Gasteiger partial charge in [0, 0.05) is 51.7 Å². The number of hydroxylamine groups is 1. The Bertz CT molecular complexity index is 1450. The molecule has 196 valence electrons. The third kappa shape index (κ3) is 5.42. The molecule has 0 aliphatic heterocycles. The van der Waals surface area contributed by atoms with Crippen LogP contribution in [0.15, 0.2) is 36.7 Å². The summed E-state index contributed by atoms with van der Waals surface area (Å²) in [5, 5.41) is 5.93. The minimum Gasteiger partial charge on any atom is -0.358 e. The van der Waals surface area contributed by atoms with Crippen LogP contribution in [-0.4, -0.2) is 37.9 Å². The molecule has 3 aromatic heterocycles. The van der Waals surface area contributed by atoms with Crippen LogP contribution in [0.1, 0.15) is 55.0 Å². The highest BCUT2D eigenvalue weighted by Gasteiger charge is 2.34. The summed E-state index contributed by atoms with van der Waals surface area (Å²) in [7, 11) is 3.32. The van der Waals surface area contributed by atoms with E-state index in [9.17, 15) is 4.79 Å². The highest BCUT2D eigenvalue weighted by atomic mass is 35.5. The zero-order valence-corrected chi connectivity index (χ0v) is 23.4. The van der Waals surface area contributed by atoms with Crippen LogP contribution in [0.5, 0.6) is 0 Å². The van der Waals surface area contributed by atoms with E-state index in [1.165, 1.54) is 7.11 Å². The highest BCUT2D eigenvalue weighted by Crippen LogP contribution is 2.42. The third-order valence-corrected chi connectivity index (χ3v) is 6.64. The predicted octanol–water partition coefficient (Wildman–Crippen LogP) is 5.60. The first-order chi connectivity index (χ1) is 17.4. The zero-order valence-electron chi connectivity index (χ0n) is 22.6. The average Bonchev–Trinajstić information content (AvgIpc) is 3.33. The van der Waals surface area contributed by atoms with E-state index >= 15 is 0 Å². The number of hydrogen-bond acceptors (Lipinski definition) is 5. The van der Waals surface area contributed by atoms with Crippen molar-refractivity contribution in [3.63, 3.8) is 0 Å². The fourth-order valence-electron chi connectivity index (χ4n) is 4.71. The van der Waals surface area contributed by atoms with Crippen molar-refractivity contribution in [2.75, 3.05) is 7.11 Å². The Balaban J connectivity index is 2.07. The van der Waals surface area contributed by atoms with E-state index in [1.807, 2.05) is 71.4 Å². The first-order valence-electron chi connectivity index (χ1n) is 12.1. The molecule has 4 rings (SSSR count). The minimum atomic E-state index is -0.955. The fourth-order valence-corrected chi connectivity index (χ4v) is 4.84. The van der Waals surface area contributed by atoms with Crippen LogP contribution in [0.25, 0.3) is 22.2 Å². The van der Waals surface area contributed by atoms with Gasteiger partial charge < -0.3 is 9.30 Å². The molecule has 1 amide bonds. The predicted molar refractivity (Wildman–Crippen MR) is 145 cm³/mol. The number of benzene rings is 1. The maximum Gasteiger partial charge on any atom is 0.277 e. The van der Waals surface area contributed by atoms with Crippen LogP contribution >= 0.6 is 11.6 Å². The monoisotopic (exact) mass is 523 g/mol. The lowest BCUT2D eigenvalue weighted by Gasteiger charge is -2.29. The summed E-state index contributed by atoms with van der Waals surface area (Å²) >= 11 is 6.25. The summed E-state index contributed by atoms with van der Waals surface area (Å²) in [5.41, 5.74) is 9.16. The molecule has 0 bridgehead atoms. The van der Waals surface area contributed by atoms with Gasteiger partial charge in [0.25, 0.3) is 5.91 Å². The Morgan fingerprint density at radius 2 is 1.84 bits per heavy atom. The Morgan fingerprint density at radius 1 is 1.16 bits per heavy atom. The smallest absolute Gasteiger partial charge is 0.277 e. The molecule has 0 aliphatic rings. The molecule has 0 spiro atoms. The number of hydrogen-bond donors (Lipinski definition) is 1. The number of nitrogens with zero attached hydrogens (tertiary/aromatic N) is 4. The lowest BCUT2D eigenvalue weighted by atomic mass is 9.90. The lowest BCUT2D eigenvalue weighted by Crippen LogP contribution is -2.35. The summed E-state index contributed by atoms with van der Waals surface area (Å²) in [4.78, 5) is 23.4. The Labute approximate surface area is 222 Å². The van der Waals surface area contributed by atoms with Gasteiger partial charge in [0.15, 0.2) is 6.10 Å². The summed E-state index contributed by atoms with van der Waals surface area (Å²) < 4.78 is 10.3. The molecule has 9 heteroatoms. The SMILES string of the molecule is CONC(=O)[C@@H](OC(C)(C)C)c1c(C)nc2c(c(C)c(C)n2Cc2cnn(C)c2)c1-c1ccc(Cl)cc1. The number of pyridine rings is 1. The van der Waals surface area contributed by atoms with Gasteiger partial charge in [0.05, 0.1) is 25.5 Å². The number of carbonyl (C=O) groups is 1. The van der Waals surface area contributed by atoms with Gasteiger partial charge in [-0.25, -0.2) is 10.5 Å². The molecule has 0 radical (unpaired) electrons. The van der Waals surface area contributed by atoms with Crippen LogP contribution in [0.3, 0.4) is 0 Å². The molecule has 0 aliphatic carbocycles. The number of ether oxygens (including phenoxy) is 1. The number of carbonyl (C=O) groups excluding carboxylic acids is 1. The molecular weight excluding hydrogens is 490 g/mol. The molecule has 0 unspecified atom stereocenters. The number of fused-ring (bicyclic) bond motifs is 1. The first kappa shape index (κ1) is 26.9. The second-order valence-corrected chi connectivity index (χ2v) is 10.7. The molecule has 0 fully saturated rings. The summed E-state index contributed by atoms with van der Waals surface area (Å²) in [5.74, 6) is -0.402. The van der Waals surface area contributed by atoms with E-state index in [0.29, 0.717) is 22.8 Å². The Morgan fingerprint density at radius 3 is 2.41 bits per heavy atom. The van der Waals surface area contributed by atoms with Crippen molar-refractivity contribution in [2.45, 2.75) is 59.8 Å². The van der Waals surface area contributed by atoms with Gasteiger partial charge in [0.2, 0.25) is 0 Å². The topological polar surface area (TPSA) is 83.2 Å². The standard InChI is InChI=1S/C28H34ClN5O3/c1-16-18(3)34(15-19-13-30-33(7)14-19)26-22(16)24(20-9-11-21(29)12-10-20)23(17(2)31-26)25(27(35)32-36-8)37-28(4,5)6/h9-14,25H,15H2,1-8H3,(H,32,35)/t25-/m0/s1. The van der Waals surface area contributed by atoms with Crippen molar-refractivity contribution in [1.29, 1.82) is 0 Å². The highest BCUT2D eigenvalue weighted by molar-refractivity contribution is 6.30. The average molecular weight is 524 g/mol. The zero-order chi connectivity index (χ0) is 27.1. The number of halogens is 1. The van der Waals surface area contributed by atoms with Crippen molar-refractivity contribution in [2.24, 2.45) is 7.05 Å². The van der Waals surface area contributed by atoms with Gasteiger partial charge in [-0.15, -0.1) is 0 Å². The summed E-state index contributed by atoms with van der Waals surface area (Å²) in [6.07, 6.45) is 2.91. The molecule has 0 saturated heterocycles. The summed E-state index contributed by atoms with van der Waals surface area (Å²) in [6.45, 7) is 12.5. The number of rotatable bonds is 7. The number of amides is 1. The van der Waals surface area contributed by atoms with E-state index in [2.05, 4.69) is 29.0 Å². The van der Waals surface area contributed by atoms with Crippen molar-refractivity contribution >= 4 is 28.5 Å². The van der Waals surface area contributed by atoms with Crippen LogP contribution in [0.4, 0.5) is 0 Å². The molecule has 1 atom stereocenters. The quantitative estimate of drug-likeness (QED) is 0.319. The second kappa shape index (κ2) is 10.3. The van der Waals surface area contributed by atoms with E-state index in [1.54, 1.807) is 4.68 Å². The maximum atomic E-state index is 13.3. The Kier molecular flexibility index (Phi) is 7.46. The van der Waals surface area contributed by atoms with E-state index in [4.69, 9.17) is 26.2 Å². The van der Waals surface area contributed by atoms with E-state index in [-0.39, 0.29) is 0 Å². The molecular formula is C28H34ClN5O3. The van der Waals surface area contributed by atoms with Gasteiger partial charge in [-0.2, -0.15) is 5.10 Å². The van der Waals surface area contributed by atoms with E-state index < -0.39 is 17.6 Å². The number of nitrogens with one attached hydrogen (secondary N) is 1. The third-order valence-electron chi connectivity index (χ3n) is 6.39. The van der Waals surface area contributed by atoms with Crippen LogP contribution in [0, 0.1) is 20.8 Å². The van der Waals surface area contributed by atoms with Crippen LogP contribution in [0.2, 0.25) is 5.02 Å². The van der Waals surface area contributed by atoms with E-state index in [0.717, 1.165) is 39.0 Å². The maximum absolute atomic E-state index is 13.3. The molecule has 8 nitrogen and oxygen atoms in total. The molecule has 3 heterocycles. The van der Waals surface area contributed by atoms with Gasteiger partial charge in [-0.3, -0.25) is 14.3 Å². The molecule has 0 saturated carbocycles. The van der Waals surface area contributed by atoms with Crippen molar-refractivity contribution < 1.29 is 14.4 Å². The van der Waals surface area contributed by atoms with Gasteiger partial charge in [0.1, 0.15) is 5.65 Å². The van der Waals surface area contributed by atoms with Gasteiger partial charge >= 0.3 is 0 Å². The van der Waals surface area contributed by atoms with Crippen molar-refractivity contribution in [3.8, 4) is 11.1 Å². The minimum absolute atomic E-state index is 0.402. The largest absolute Gasteiger partial charge is 0.358 e. The lowest BCUT2D eigenvalue weighted by molar-refractivity contribution is -0.153. The van der Waals surface area contributed by atoms with Crippen LogP contribution in [-0.2, 0) is 28.0 Å². The van der Waals surface area contributed by atoms with Gasteiger partial charge in [-0.05, 0) is 64.8 Å². The van der Waals surface area contributed by atoms with Gasteiger partial charge in [-0.1, -0.05) is 23.7 Å². The molecule has 4 aromatic rings. The second-order valence-electron chi connectivity index (χ2n) is 10.3. The van der Waals surface area contributed by atoms with Crippen molar-refractivity contribution in [3.05, 3.63) is 69.8 Å².